The first-order valence-electron chi connectivity index (χ1n) is 11.0. The summed E-state index contributed by atoms with van der Waals surface area (Å²) in [6.07, 6.45) is 1.75. The highest BCUT2D eigenvalue weighted by Gasteiger charge is 2.25. The van der Waals surface area contributed by atoms with Crippen molar-refractivity contribution in [3.05, 3.63) is 63.0 Å². The van der Waals surface area contributed by atoms with Crippen LogP contribution >= 0.6 is 22.7 Å². The average Bonchev–Trinajstić information content (AvgIpc) is 3.46. The Bertz CT molecular complexity index is 1300. The fraction of sp³-hybridized carbons (Fsp3) is 0.391. The molecule has 1 atom stereocenters. The summed E-state index contributed by atoms with van der Waals surface area (Å²) in [6.45, 7) is 6.41. The van der Waals surface area contributed by atoms with Gasteiger partial charge in [-0.3, -0.25) is 23.8 Å². The first-order chi connectivity index (χ1) is 16.0. The van der Waals surface area contributed by atoms with Gasteiger partial charge in [-0.05, 0) is 19.1 Å². The maximum atomic E-state index is 13.0. The highest BCUT2D eigenvalue weighted by atomic mass is 32.1. The molecule has 0 saturated carbocycles. The van der Waals surface area contributed by atoms with E-state index in [0.717, 1.165) is 52.1 Å². The lowest BCUT2D eigenvalue weighted by molar-refractivity contribution is -0.133. The van der Waals surface area contributed by atoms with E-state index in [9.17, 15) is 9.59 Å². The third kappa shape index (κ3) is 4.70. The second-order valence-corrected chi connectivity index (χ2v) is 10.3. The molecule has 0 spiro atoms. The van der Waals surface area contributed by atoms with E-state index in [-0.39, 0.29) is 17.5 Å². The molecule has 0 unspecified atom stereocenters. The van der Waals surface area contributed by atoms with Crippen LogP contribution < -0.4 is 5.56 Å². The summed E-state index contributed by atoms with van der Waals surface area (Å²) >= 11 is 3.11. The summed E-state index contributed by atoms with van der Waals surface area (Å²) < 4.78 is 2.72. The van der Waals surface area contributed by atoms with Gasteiger partial charge < -0.3 is 4.90 Å². The predicted molar refractivity (Wildman–Crippen MR) is 132 cm³/mol. The normalized spacial score (nSPS) is 16.4. The number of rotatable bonds is 6. The Morgan fingerprint density at radius 3 is 2.70 bits per heavy atom. The van der Waals surface area contributed by atoms with Crippen molar-refractivity contribution in [1.29, 1.82) is 0 Å². The number of benzene rings is 1. The molecule has 33 heavy (non-hydrogen) atoms. The highest BCUT2D eigenvalue weighted by Crippen LogP contribution is 2.28. The Morgan fingerprint density at radius 1 is 1.15 bits per heavy atom. The van der Waals surface area contributed by atoms with Crippen LogP contribution in [-0.2, 0) is 11.3 Å². The number of para-hydroxylation sites is 1. The smallest absolute Gasteiger partial charge is 0.258 e. The van der Waals surface area contributed by atoms with Gasteiger partial charge in [-0.2, -0.15) is 0 Å². The molecule has 4 heterocycles. The van der Waals surface area contributed by atoms with Crippen molar-refractivity contribution in [2.45, 2.75) is 19.5 Å². The van der Waals surface area contributed by atoms with Crippen LogP contribution in [0.5, 0.6) is 0 Å². The third-order valence-corrected chi connectivity index (χ3v) is 8.17. The number of hydrogen-bond donors (Lipinski definition) is 0. The van der Waals surface area contributed by atoms with Crippen LogP contribution in [0, 0.1) is 0 Å². The number of piperazine rings is 1. The van der Waals surface area contributed by atoms with E-state index in [0.29, 0.717) is 13.1 Å². The van der Waals surface area contributed by atoms with E-state index in [1.165, 1.54) is 11.3 Å². The van der Waals surface area contributed by atoms with E-state index in [2.05, 4.69) is 20.9 Å². The standard InChI is InChI=1S/C23H26N6O2S2/c1-16(22-25-18-5-3-4-6-19(18)33-22)26(2)21(31)15-28-9-7-27(8-10-28)14-17-13-20(30)29-11-12-32-23(29)24-17/h3-6,11-13,16H,7-10,14-15H2,1-2H3/t16-/m1/s1. The predicted octanol–water partition coefficient (Wildman–Crippen LogP) is 2.70. The lowest BCUT2D eigenvalue weighted by Crippen LogP contribution is -2.49. The Kier molecular flexibility index (Phi) is 6.24. The average molecular weight is 483 g/mol. The Labute approximate surface area is 199 Å². The number of hydrogen-bond acceptors (Lipinski definition) is 8. The van der Waals surface area contributed by atoms with Crippen LogP contribution in [-0.4, -0.2) is 74.7 Å². The van der Waals surface area contributed by atoms with Gasteiger partial charge in [-0.25, -0.2) is 9.97 Å². The molecule has 1 fully saturated rings. The van der Waals surface area contributed by atoms with Crippen LogP contribution in [0.1, 0.15) is 23.7 Å². The Morgan fingerprint density at radius 2 is 1.91 bits per heavy atom. The second-order valence-electron chi connectivity index (χ2n) is 8.39. The Balaban J connectivity index is 1.14. The zero-order chi connectivity index (χ0) is 22.9. The van der Waals surface area contributed by atoms with Gasteiger partial charge in [-0.1, -0.05) is 12.1 Å². The molecule has 3 aromatic heterocycles. The highest BCUT2D eigenvalue weighted by molar-refractivity contribution is 7.18. The first-order valence-corrected chi connectivity index (χ1v) is 12.7. The topological polar surface area (TPSA) is 74.1 Å². The molecule has 1 aromatic carbocycles. The molecule has 8 nitrogen and oxygen atoms in total. The summed E-state index contributed by atoms with van der Waals surface area (Å²) in [5.74, 6) is 0.105. The molecule has 0 N–H and O–H groups in total. The van der Waals surface area contributed by atoms with Gasteiger partial charge in [0, 0.05) is 57.4 Å². The van der Waals surface area contributed by atoms with E-state index in [1.807, 2.05) is 37.6 Å². The minimum Gasteiger partial charge on any atom is -0.335 e. The van der Waals surface area contributed by atoms with Crippen molar-refractivity contribution in [2.75, 3.05) is 39.8 Å². The van der Waals surface area contributed by atoms with E-state index in [1.54, 1.807) is 32.9 Å². The van der Waals surface area contributed by atoms with Crippen molar-refractivity contribution in [1.82, 2.24) is 29.1 Å². The maximum Gasteiger partial charge on any atom is 0.258 e. The zero-order valence-electron chi connectivity index (χ0n) is 18.7. The fourth-order valence-electron chi connectivity index (χ4n) is 4.06. The van der Waals surface area contributed by atoms with E-state index >= 15 is 0 Å². The van der Waals surface area contributed by atoms with Crippen molar-refractivity contribution in [3.63, 3.8) is 0 Å². The van der Waals surface area contributed by atoms with Gasteiger partial charge in [-0.15, -0.1) is 22.7 Å². The van der Waals surface area contributed by atoms with E-state index in [4.69, 9.17) is 4.98 Å². The number of likely N-dealkylation sites (N-methyl/N-ethyl adjacent to an activating group) is 1. The molecule has 1 saturated heterocycles. The number of nitrogens with zero attached hydrogens (tertiary/aromatic N) is 6. The number of fused-ring (bicyclic) bond motifs is 2. The minimum atomic E-state index is -0.0615. The molecule has 1 amide bonds. The summed E-state index contributed by atoms with van der Waals surface area (Å²) in [5.41, 5.74) is 1.75. The number of thiazole rings is 2. The molecule has 1 aliphatic rings. The molecule has 10 heteroatoms. The zero-order valence-corrected chi connectivity index (χ0v) is 20.3. The van der Waals surface area contributed by atoms with Gasteiger partial charge in [0.2, 0.25) is 5.91 Å². The van der Waals surface area contributed by atoms with Crippen molar-refractivity contribution < 1.29 is 4.79 Å². The van der Waals surface area contributed by atoms with E-state index < -0.39 is 0 Å². The molecule has 5 rings (SSSR count). The Hall–Kier alpha value is -2.66. The molecule has 4 aromatic rings. The number of carbonyl (C=O) groups excluding carboxylic acids is 1. The largest absolute Gasteiger partial charge is 0.335 e. The number of aromatic nitrogens is 3. The fourth-order valence-corrected chi connectivity index (χ4v) is 5.86. The van der Waals surface area contributed by atoms with Gasteiger partial charge >= 0.3 is 0 Å². The number of carbonyl (C=O) groups is 1. The van der Waals surface area contributed by atoms with Crippen LogP contribution in [0.25, 0.3) is 15.2 Å². The second kappa shape index (κ2) is 9.30. The SMILES string of the molecule is C[C@H](c1nc2ccccc2s1)N(C)C(=O)CN1CCN(Cc2cc(=O)n3ccsc3n2)CC1. The summed E-state index contributed by atoms with van der Waals surface area (Å²) in [4.78, 5) is 41.5. The monoisotopic (exact) mass is 482 g/mol. The van der Waals surface area contributed by atoms with Gasteiger partial charge in [0.25, 0.3) is 5.56 Å². The molecule has 0 aliphatic carbocycles. The molecule has 172 valence electrons. The molecule has 0 radical (unpaired) electrons. The lowest BCUT2D eigenvalue weighted by atomic mass is 10.2. The van der Waals surface area contributed by atoms with Crippen LogP contribution in [0.4, 0.5) is 0 Å². The van der Waals surface area contributed by atoms with Crippen LogP contribution in [0.3, 0.4) is 0 Å². The molecule has 0 bridgehead atoms. The molecular formula is C23H26N6O2S2. The summed E-state index contributed by atoms with van der Waals surface area (Å²) in [7, 11) is 1.86. The molecule has 1 aliphatic heterocycles. The van der Waals surface area contributed by atoms with Crippen LogP contribution in [0.15, 0.2) is 46.7 Å². The molecular weight excluding hydrogens is 456 g/mol. The quantitative estimate of drug-likeness (QED) is 0.421. The lowest BCUT2D eigenvalue weighted by Gasteiger charge is -2.35. The third-order valence-electron chi connectivity index (χ3n) is 6.21. The van der Waals surface area contributed by atoms with Crippen molar-refractivity contribution in [3.8, 4) is 0 Å². The summed E-state index contributed by atoms with van der Waals surface area (Å²) in [5, 5.41) is 2.83. The van der Waals surface area contributed by atoms with Gasteiger partial charge in [0.1, 0.15) is 5.01 Å². The van der Waals surface area contributed by atoms with Crippen molar-refractivity contribution >= 4 is 43.8 Å². The maximum absolute atomic E-state index is 13.0. The summed E-state index contributed by atoms with van der Waals surface area (Å²) in [6, 6.07) is 9.63. The van der Waals surface area contributed by atoms with Gasteiger partial charge in [0.05, 0.1) is 28.5 Å². The first kappa shape index (κ1) is 22.1. The van der Waals surface area contributed by atoms with Crippen LogP contribution in [0.2, 0.25) is 0 Å². The van der Waals surface area contributed by atoms with Crippen molar-refractivity contribution in [2.24, 2.45) is 0 Å². The minimum absolute atomic E-state index is 0.0363. The van der Waals surface area contributed by atoms with Gasteiger partial charge in [0.15, 0.2) is 4.96 Å². The number of amides is 1.